The standard InChI is InChI=1S/C23H26N2O2/c1-3-22(13-14-22)24-20(26)16-23(15-17-9-5-4-6-10-17)18-11-7-8-12-19(18)25(2)21(23)27/h4-12H,3,13-16H2,1-2H3,(H,24,26)/t23-/m1/s1. The third-order valence-electron chi connectivity index (χ3n) is 6.24. The number of anilines is 1. The first-order valence-electron chi connectivity index (χ1n) is 9.72. The van der Waals surface area contributed by atoms with Gasteiger partial charge in [-0.05, 0) is 42.9 Å². The molecule has 2 aliphatic rings. The lowest BCUT2D eigenvalue weighted by atomic mass is 9.73. The SMILES string of the molecule is CCC1(NC(=O)C[C@@]2(Cc3ccccc3)C(=O)N(C)c3ccccc32)CC1. The smallest absolute Gasteiger partial charge is 0.238 e. The fourth-order valence-corrected chi connectivity index (χ4v) is 4.40. The van der Waals surface area contributed by atoms with Gasteiger partial charge in [0.1, 0.15) is 0 Å². The molecule has 0 radical (unpaired) electrons. The normalized spacial score (nSPS) is 22.4. The molecule has 2 aromatic carbocycles. The molecular formula is C23H26N2O2. The zero-order valence-corrected chi connectivity index (χ0v) is 16.0. The molecule has 0 spiro atoms. The molecule has 1 atom stereocenters. The second kappa shape index (κ2) is 6.52. The van der Waals surface area contributed by atoms with Gasteiger partial charge in [0.25, 0.3) is 0 Å². The number of likely N-dealkylation sites (N-methyl/N-ethyl adjacent to an activating group) is 1. The minimum Gasteiger partial charge on any atom is -0.351 e. The fourth-order valence-electron chi connectivity index (χ4n) is 4.40. The van der Waals surface area contributed by atoms with E-state index in [2.05, 4.69) is 12.2 Å². The van der Waals surface area contributed by atoms with Gasteiger partial charge in [0.05, 0.1) is 5.41 Å². The zero-order valence-electron chi connectivity index (χ0n) is 16.0. The molecule has 0 aromatic heterocycles. The van der Waals surface area contributed by atoms with E-state index >= 15 is 0 Å². The van der Waals surface area contributed by atoms with Gasteiger partial charge in [-0.1, -0.05) is 55.5 Å². The van der Waals surface area contributed by atoms with Crippen molar-refractivity contribution in [2.24, 2.45) is 0 Å². The van der Waals surface area contributed by atoms with Crippen molar-refractivity contribution in [3.8, 4) is 0 Å². The molecule has 4 rings (SSSR count). The van der Waals surface area contributed by atoms with Crippen LogP contribution in [0.4, 0.5) is 5.69 Å². The van der Waals surface area contributed by atoms with E-state index in [0.29, 0.717) is 6.42 Å². The van der Waals surface area contributed by atoms with Crippen LogP contribution in [0.3, 0.4) is 0 Å². The topological polar surface area (TPSA) is 49.4 Å². The van der Waals surface area contributed by atoms with Crippen molar-refractivity contribution < 1.29 is 9.59 Å². The maximum Gasteiger partial charge on any atom is 0.238 e. The zero-order chi connectivity index (χ0) is 19.1. The van der Waals surface area contributed by atoms with Crippen LogP contribution in [0.15, 0.2) is 54.6 Å². The highest BCUT2D eigenvalue weighted by Crippen LogP contribution is 2.46. The Balaban J connectivity index is 1.72. The van der Waals surface area contributed by atoms with E-state index in [0.717, 1.165) is 36.1 Å². The molecule has 1 N–H and O–H groups in total. The van der Waals surface area contributed by atoms with Crippen LogP contribution in [0.5, 0.6) is 0 Å². The number of nitrogens with zero attached hydrogens (tertiary/aromatic N) is 1. The molecule has 1 saturated carbocycles. The molecule has 1 aliphatic carbocycles. The van der Waals surface area contributed by atoms with Gasteiger partial charge in [-0.3, -0.25) is 9.59 Å². The van der Waals surface area contributed by atoms with Crippen molar-refractivity contribution in [2.75, 3.05) is 11.9 Å². The maximum atomic E-state index is 13.4. The van der Waals surface area contributed by atoms with Crippen molar-refractivity contribution in [3.63, 3.8) is 0 Å². The Hall–Kier alpha value is -2.62. The van der Waals surface area contributed by atoms with Crippen LogP contribution >= 0.6 is 0 Å². The first-order chi connectivity index (χ1) is 13.0. The number of carbonyl (C=O) groups is 2. The highest BCUT2D eigenvalue weighted by Gasteiger charge is 2.52. The Labute approximate surface area is 160 Å². The first kappa shape index (κ1) is 17.8. The lowest BCUT2D eigenvalue weighted by Crippen LogP contribution is -2.46. The number of rotatable bonds is 6. The van der Waals surface area contributed by atoms with Crippen LogP contribution in [0.2, 0.25) is 0 Å². The van der Waals surface area contributed by atoms with Crippen LogP contribution in [0.25, 0.3) is 0 Å². The summed E-state index contributed by atoms with van der Waals surface area (Å²) in [4.78, 5) is 28.1. The number of benzene rings is 2. The third-order valence-corrected chi connectivity index (χ3v) is 6.24. The molecule has 2 amide bonds. The summed E-state index contributed by atoms with van der Waals surface area (Å²) in [7, 11) is 1.81. The van der Waals surface area contributed by atoms with Gasteiger partial charge >= 0.3 is 0 Å². The summed E-state index contributed by atoms with van der Waals surface area (Å²) in [5, 5.41) is 3.21. The van der Waals surface area contributed by atoms with Gasteiger partial charge in [-0.2, -0.15) is 0 Å². The van der Waals surface area contributed by atoms with Gasteiger partial charge in [0, 0.05) is 24.7 Å². The molecule has 140 valence electrons. The summed E-state index contributed by atoms with van der Waals surface area (Å²) >= 11 is 0. The summed E-state index contributed by atoms with van der Waals surface area (Å²) in [6.45, 7) is 2.11. The monoisotopic (exact) mass is 362 g/mol. The minimum atomic E-state index is -0.847. The number of amides is 2. The third kappa shape index (κ3) is 3.03. The summed E-state index contributed by atoms with van der Waals surface area (Å²) in [5.74, 6) is -0.0206. The van der Waals surface area contributed by atoms with Crippen molar-refractivity contribution in [1.29, 1.82) is 0 Å². The van der Waals surface area contributed by atoms with Crippen molar-refractivity contribution >= 4 is 17.5 Å². The lowest BCUT2D eigenvalue weighted by molar-refractivity contribution is -0.130. The number of hydrogen-bond donors (Lipinski definition) is 1. The lowest BCUT2D eigenvalue weighted by Gasteiger charge is -2.29. The number of nitrogens with one attached hydrogen (secondary N) is 1. The number of hydrogen-bond acceptors (Lipinski definition) is 2. The average Bonchev–Trinajstić information content (AvgIpc) is 3.43. The molecule has 0 saturated heterocycles. The Morgan fingerprint density at radius 2 is 1.74 bits per heavy atom. The van der Waals surface area contributed by atoms with E-state index in [1.807, 2.05) is 54.6 Å². The molecule has 27 heavy (non-hydrogen) atoms. The van der Waals surface area contributed by atoms with Crippen molar-refractivity contribution in [3.05, 3.63) is 65.7 Å². The van der Waals surface area contributed by atoms with Crippen LogP contribution < -0.4 is 10.2 Å². The molecule has 1 fully saturated rings. The summed E-state index contributed by atoms with van der Waals surface area (Å²) in [6.07, 6.45) is 3.72. The molecule has 2 aromatic rings. The molecule has 4 nitrogen and oxygen atoms in total. The van der Waals surface area contributed by atoms with Gasteiger partial charge in [-0.25, -0.2) is 0 Å². The van der Waals surface area contributed by atoms with Crippen molar-refractivity contribution in [1.82, 2.24) is 5.32 Å². The quantitative estimate of drug-likeness (QED) is 0.854. The molecular weight excluding hydrogens is 336 g/mol. The van der Waals surface area contributed by atoms with E-state index < -0.39 is 5.41 Å². The summed E-state index contributed by atoms with van der Waals surface area (Å²) in [6, 6.07) is 17.9. The summed E-state index contributed by atoms with van der Waals surface area (Å²) in [5.41, 5.74) is 2.04. The van der Waals surface area contributed by atoms with Gasteiger partial charge in [0.2, 0.25) is 11.8 Å². The second-order valence-electron chi connectivity index (χ2n) is 7.98. The van der Waals surface area contributed by atoms with Crippen LogP contribution in [0, 0.1) is 0 Å². The highest BCUT2D eigenvalue weighted by molar-refractivity contribution is 6.10. The first-order valence-corrected chi connectivity index (χ1v) is 9.72. The van der Waals surface area contributed by atoms with E-state index in [1.54, 1.807) is 11.9 Å². The second-order valence-corrected chi connectivity index (χ2v) is 7.98. The maximum absolute atomic E-state index is 13.4. The number of fused-ring (bicyclic) bond motifs is 1. The van der Waals surface area contributed by atoms with Crippen LogP contribution in [-0.2, 0) is 21.4 Å². The van der Waals surface area contributed by atoms with E-state index in [1.165, 1.54) is 0 Å². The molecule has 1 heterocycles. The van der Waals surface area contributed by atoms with E-state index in [9.17, 15) is 9.59 Å². The Morgan fingerprint density at radius 3 is 2.41 bits per heavy atom. The van der Waals surface area contributed by atoms with E-state index in [4.69, 9.17) is 0 Å². The highest BCUT2D eigenvalue weighted by atomic mass is 16.2. The number of carbonyl (C=O) groups excluding carboxylic acids is 2. The molecule has 0 unspecified atom stereocenters. The predicted molar refractivity (Wildman–Crippen MR) is 107 cm³/mol. The van der Waals surface area contributed by atoms with E-state index in [-0.39, 0.29) is 23.8 Å². The largest absolute Gasteiger partial charge is 0.351 e. The summed E-state index contributed by atoms with van der Waals surface area (Å²) < 4.78 is 0. The van der Waals surface area contributed by atoms with Gasteiger partial charge < -0.3 is 10.2 Å². The van der Waals surface area contributed by atoms with Crippen LogP contribution in [0.1, 0.15) is 43.7 Å². The Morgan fingerprint density at radius 1 is 1.07 bits per heavy atom. The van der Waals surface area contributed by atoms with Gasteiger partial charge in [-0.15, -0.1) is 0 Å². The average molecular weight is 362 g/mol. The molecule has 0 bridgehead atoms. The van der Waals surface area contributed by atoms with Crippen molar-refractivity contribution in [2.45, 2.75) is 50.0 Å². The minimum absolute atomic E-state index is 0.00375. The number of para-hydroxylation sites is 1. The fraction of sp³-hybridized carbons (Fsp3) is 0.391. The van der Waals surface area contributed by atoms with Crippen LogP contribution in [-0.4, -0.2) is 24.4 Å². The Bertz CT molecular complexity index is 873. The molecule has 1 aliphatic heterocycles. The Kier molecular flexibility index (Phi) is 4.29. The van der Waals surface area contributed by atoms with Gasteiger partial charge in [0.15, 0.2) is 0 Å². The molecule has 4 heteroatoms. The predicted octanol–water partition coefficient (Wildman–Crippen LogP) is 3.59.